The number of fused-ring (bicyclic) bond motifs is 1. The van der Waals surface area contributed by atoms with Crippen LogP contribution < -0.4 is 4.90 Å². The van der Waals surface area contributed by atoms with Crippen LogP contribution in [0.5, 0.6) is 0 Å². The zero-order chi connectivity index (χ0) is 21.0. The zero-order valence-corrected chi connectivity index (χ0v) is 17.4. The van der Waals surface area contributed by atoms with E-state index in [0.29, 0.717) is 29.4 Å². The smallest absolute Gasteiger partial charge is 0.266 e. The number of hydrogen-bond acceptors (Lipinski definition) is 7. The highest BCUT2D eigenvalue weighted by atomic mass is 19.3. The largest absolute Gasteiger partial charge is 0.370 e. The molecule has 2 aromatic rings. The highest BCUT2D eigenvalue weighted by Crippen LogP contribution is 2.34. The van der Waals surface area contributed by atoms with Gasteiger partial charge in [0.1, 0.15) is 5.82 Å². The Morgan fingerprint density at radius 2 is 1.97 bits per heavy atom. The number of rotatable bonds is 3. The lowest BCUT2D eigenvalue weighted by molar-refractivity contribution is 0.0257. The Morgan fingerprint density at radius 3 is 2.59 bits per heavy atom. The van der Waals surface area contributed by atoms with Crippen LogP contribution in [0.15, 0.2) is 16.9 Å². The van der Waals surface area contributed by atoms with Crippen LogP contribution in [0.3, 0.4) is 0 Å². The van der Waals surface area contributed by atoms with Crippen molar-refractivity contribution >= 4 is 22.7 Å². The van der Waals surface area contributed by atoms with Crippen LogP contribution in [0.2, 0.25) is 0 Å². The highest BCUT2D eigenvalue weighted by Gasteiger charge is 2.40. The van der Waals surface area contributed by atoms with Crippen LogP contribution in [0.4, 0.5) is 14.6 Å². The number of hydrogen-bond donors (Lipinski definition) is 0. The Hall–Kier alpha value is -2.65. The molecule has 0 radical (unpaired) electrons. The van der Waals surface area contributed by atoms with Gasteiger partial charge in [0.2, 0.25) is 0 Å². The molecule has 156 valence electrons. The molecular formula is C19H26F2N8. The molecule has 0 atom stereocenters. The van der Waals surface area contributed by atoms with E-state index in [1.165, 1.54) is 0 Å². The number of aliphatic imine (C=N–C) groups is 1. The van der Waals surface area contributed by atoms with Gasteiger partial charge in [-0.15, -0.1) is 5.10 Å². The van der Waals surface area contributed by atoms with E-state index >= 15 is 0 Å². The minimum absolute atomic E-state index is 0.188. The fourth-order valence-electron chi connectivity index (χ4n) is 3.50. The van der Waals surface area contributed by atoms with E-state index in [4.69, 9.17) is 4.98 Å². The van der Waals surface area contributed by atoms with Gasteiger partial charge in [0.15, 0.2) is 17.0 Å². The first-order chi connectivity index (χ1) is 13.5. The maximum atomic E-state index is 13.9. The molecule has 1 fully saturated rings. The molecule has 0 amide bonds. The Morgan fingerprint density at radius 1 is 1.21 bits per heavy atom. The first-order valence-corrected chi connectivity index (χ1v) is 9.71. The van der Waals surface area contributed by atoms with Crippen molar-refractivity contribution < 1.29 is 8.78 Å². The third kappa shape index (κ3) is 3.79. The first-order valence-electron chi connectivity index (χ1n) is 9.71. The van der Waals surface area contributed by atoms with Gasteiger partial charge in [0.25, 0.3) is 5.92 Å². The number of likely N-dealkylation sites (N-methyl/N-ethyl adjacent to an activating group) is 1. The van der Waals surface area contributed by atoms with Gasteiger partial charge < -0.3 is 9.80 Å². The lowest BCUT2D eigenvalue weighted by atomic mass is 9.96. The molecule has 0 aromatic carbocycles. The Bertz CT molecular complexity index is 1000. The summed E-state index contributed by atoms with van der Waals surface area (Å²) >= 11 is 0. The summed E-state index contributed by atoms with van der Waals surface area (Å²) in [6.45, 7) is 9.04. The maximum absolute atomic E-state index is 13.9. The minimum Gasteiger partial charge on any atom is -0.370 e. The number of allylic oxidation sites excluding steroid dienone is 1. The first kappa shape index (κ1) is 19.7. The van der Waals surface area contributed by atoms with E-state index in [1.54, 1.807) is 9.58 Å². The van der Waals surface area contributed by atoms with Gasteiger partial charge in [0.05, 0.1) is 25.3 Å². The van der Waals surface area contributed by atoms with Crippen molar-refractivity contribution in [3.8, 4) is 0 Å². The second-order valence-corrected chi connectivity index (χ2v) is 8.91. The van der Waals surface area contributed by atoms with Crippen LogP contribution in [0.1, 0.15) is 39.9 Å². The molecule has 0 unspecified atom stereocenters. The summed E-state index contributed by atoms with van der Waals surface area (Å²) < 4.78 is 29.4. The van der Waals surface area contributed by atoms with Crippen molar-refractivity contribution in [2.24, 2.45) is 4.99 Å². The summed E-state index contributed by atoms with van der Waals surface area (Å²) in [5.41, 5.74) is 2.68. The van der Waals surface area contributed by atoms with Gasteiger partial charge in [-0.3, -0.25) is 4.99 Å². The predicted molar refractivity (Wildman–Crippen MR) is 107 cm³/mol. The summed E-state index contributed by atoms with van der Waals surface area (Å²) in [4.78, 5) is 17.4. The number of anilines is 1. The fraction of sp³-hybridized carbons (Fsp3) is 0.632. The van der Waals surface area contributed by atoms with Gasteiger partial charge in [-0.1, -0.05) is 26.0 Å². The fourth-order valence-corrected chi connectivity index (χ4v) is 3.50. The molecule has 2 aromatic heterocycles. The summed E-state index contributed by atoms with van der Waals surface area (Å²) in [5, 5.41) is 8.53. The zero-order valence-electron chi connectivity index (χ0n) is 17.4. The van der Waals surface area contributed by atoms with E-state index < -0.39 is 5.92 Å². The molecule has 29 heavy (non-hydrogen) atoms. The molecule has 0 saturated carbocycles. The third-order valence-electron chi connectivity index (χ3n) is 5.19. The topological polar surface area (TPSA) is 75.3 Å². The molecular weight excluding hydrogens is 378 g/mol. The number of nitrogens with zero attached hydrogens (tertiary/aromatic N) is 8. The number of alkyl halides is 2. The Labute approximate surface area is 168 Å². The molecule has 4 rings (SSSR count). The second kappa shape index (κ2) is 6.70. The standard InChI is InChI=1S/C19H26F2N8/c1-12-9-27(5)13(8-22-12)10-29-16-14(25-26-29)15(23-17(24-16)18(2,3)4)28-7-6-19(20,21)11-28/h8H,6-7,9-11H2,1-5H3. The van der Waals surface area contributed by atoms with Gasteiger partial charge >= 0.3 is 0 Å². The summed E-state index contributed by atoms with van der Waals surface area (Å²) in [7, 11) is 2.00. The molecule has 1 saturated heterocycles. The molecule has 2 aliphatic rings. The van der Waals surface area contributed by atoms with Gasteiger partial charge in [-0.2, -0.15) is 0 Å². The monoisotopic (exact) mass is 404 g/mol. The maximum Gasteiger partial charge on any atom is 0.266 e. The summed E-state index contributed by atoms with van der Waals surface area (Å²) in [6, 6.07) is 0. The molecule has 10 heteroatoms. The molecule has 8 nitrogen and oxygen atoms in total. The van der Waals surface area contributed by atoms with Gasteiger partial charge in [-0.25, -0.2) is 23.4 Å². The van der Waals surface area contributed by atoms with Crippen LogP contribution in [-0.4, -0.2) is 68.2 Å². The SMILES string of the molecule is CC1=NC=C(Cn2nnc3c(N4CCC(F)(F)C4)nc(C(C)(C)C)nc32)N(C)C1. The predicted octanol–water partition coefficient (Wildman–Crippen LogP) is 2.61. The Balaban J connectivity index is 1.79. The van der Waals surface area contributed by atoms with E-state index in [1.807, 2.05) is 40.9 Å². The van der Waals surface area contributed by atoms with Gasteiger partial charge in [-0.05, 0) is 6.92 Å². The molecule has 0 spiro atoms. The molecule has 0 N–H and O–H groups in total. The lowest BCUT2D eigenvalue weighted by Gasteiger charge is -2.25. The molecule has 4 heterocycles. The lowest BCUT2D eigenvalue weighted by Crippen LogP contribution is -2.29. The van der Waals surface area contributed by atoms with Gasteiger partial charge in [0, 0.05) is 37.3 Å². The van der Waals surface area contributed by atoms with E-state index in [9.17, 15) is 8.78 Å². The van der Waals surface area contributed by atoms with Crippen molar-refractivity contribution in [1.29, 1.82) is 0 Å². The van der Waals surface area contributed by atoms with E-state index in [2.05, 4.69) is 25.2 Å². The number of halogens is 2. The van der Waals surface area contributed by atoms with E-state index in [-0.39, 0.29) is 24.9 Å². The molecule has 0 bridgehead atoms. The van der Waals surface area contributed by atoms with E-state index in [0.717, 1.165) is 18.0 Å². The summed E-state index contributed by atoms with van der Waals surface area (Å²) in [6.07, 6.45) is 1.63. The Kier molecular flexibility index (Phi) is 4.54. The quantitative estimate of drug-likeness (QED) is 0.783. The van der Waals surface area contributed by atoms with Crippen LogP contribution >= 0.6 is 0 Å². The van der Waals surface area contributed by atoms with Crippen LogP contribution in [-0.2, 0) is 12.0 Å². The van der Waals surface area contributed by atoms with Crippen molar-refractivity contribution in [2.75, 3.05) is 31.6 Å². The minimum atomic E-state index is -2.72. The second-order valence-electron chi connectivity index (χ2n) is 8.91. The number of aromatic nitrogens is 5. The van der Waals surface area contributed by atoms with Crippen molar-refractivity contribution in [2.45, 2.75) is 52.0 Å². The highest BCUT2D eigenvalue weighted by molar-refractivity contribution is 5.85. The normalized spacial score (nSPS) is 19.7. The van der Waals surface area contributed by atoms with Crippen LogP contribution in [0, 0.1) is 0 Å². The third-order valence-corrected chi connectivity index (χ3v) is 5.19. The van der Waals surface area contributed by atoms with Crippen LogP contribution in [0.25, 0.3) is 11.2 Å². The average molecular weight is 404 g/mol. The summed E-state index contributed by atoms with van der Waals surface area (Å²) in [5.74, 6) is -1.71. The molecule has 0 aliphatic carbocycles. The van der Waals surface area contributed by atoms with Crippen molar-refractivity contribution in [3.63, 3.8) is 0 Å². The van der Waals surface area contributed by atoms with Crippen molar-refractivity contribution in [1.82, 2.24) is 29.9 Å². The van der Waals surface area contributed by atoms with Crippen molar-refractivity contribution in [3.05, 3.63) is 17.7 Å². The average Bonchev–Trinajstić information content (AvgIpc) is 3.19. The molecule has 2 aliphatic heterocycles.